The second-order valence-electron chi connectivity index (χ2n) is 3.08. The van der Waals surface area contributed by atoms with Gasteiger partial charge in [-0.2, -0.15) is 0 Å². The molecule has 2 rings (SSSR count). The van der Waals surface area contributed by atoms with E-state index in [9.17, 15) is 4.39 Å². The van der Waals surface area contributed by atoms with E-state index in [0.717, 1.165) is 11.3 Å². The Labute approximate surface area is 86.8 Å². The first-order valence-corrected chi connectivity index (χ1v) is 4.57. The molecule has 0 aliphatic rings. The first-order chi connectivity index (χ1) is 7.29. The second kappa shape index (κ2) is 4.14. The zero-order valence-electron chi connectivity index (χ0n) is 8.02. The van der Waals surface area contributed by atoms with E-state index in [4.69, 9.17) is 5.73 Å². The molecule has 1 aromatic heterocycles. The number of hydrogen-bond acceptors (Lipinski definition) is 3. The van der Waals surface area contributed by atoms with Crippen LogP contribution < -0.4 is 5.73 Å². The Bertz CT molecular complexity index is 454. The molecule has 0 unspecified atom stereocenters. The minimum atomic E-state index is -0.270. The van der Waals surface area contributed by atoms with Gasteiger partial charge in [0.1, 0.15) is 5.82 Å². The van der Waals surface area contributed by atoms with Crippen LogP contribution in [0.25, 0.3) is 11.4 Å². The molecule has 0 spiro atoms. The van der Waals surface area contributed by atoms with Gasteiger partial charge < -0.3 is 5.73 Å². The first-order valence-electron chi connectivity index (χ1n) is 4.57. The smallest absolute Gasteiger partial charge is 0.159 e. The van der Waals surface area contributed by atoms with Crippen molar-refractivity contribution in [2.75, 3.05) is 0 Å². The monoisotopic (exact) mass is 203 g/mol. The van der Waals surface area contributed by atoms with Crippen LogP contribution >= 0.6 is 0 Å². The van der Waals surface area contributed by atoms with Crippen molar-refractivity contribution in [3.05, 3.63) is 48.0 Å². The van der Waals surface area contributed by atoms with Crippen LogP contribution in [-0.2, 0) is 6.54 Å². The summed E-state index contributed by atoms with van der Waals surface area (Å²) in [5, 5.41) is 0. The Morgan fingerprint density at radius 2 is 1.87 bits per heavy atom. The highest BCUT2D eigenvalue weighted by Crippen LogP contribution is 2.14. The van der Waals surface area contributed by atoms with Crippen molar-refractivity contribution in [2.24, 2.45) is 5.73 Å². The molecule has 0 fully saturated rings. The fraction of sp³-hybridized carbons (Fsp3) is 0.0909. The lowest BCUT2D eigenvalue weighted by molar-refractivity contribution is 0.628. The number of nitrogens with two attached hydrogens (primary N) is 1. The largest absolute Gasteiger partial charge is 0.325 e. The number of rotatable bonds is 2. The SMILES string of the molecule is NCc1ccnc(-c2ccc(F)cc2)n1. The van der Waals surface area contributed by atoms with Gasteiger partial charge in [-0.05, 0) is 30.3 Å². The molecule has 3 nitrogen and oxygen atoms in total. The summed E-state index contributed by atoms with van der Waals surface area (Å²) in [6.07, 6.45) is 1.65. The van der Waals surface area contributed by atoms with E-state index in [1.807, 2.05) is 0 Å². The Kier molecular flexibility index (Phi) is 2.69. The van der Waals surface area contributed by atoms with Gasteiger partial charge in [0, 0.05) is 18.3 Å². The van der Waals surface area contributed by atoms with Crippen LogP contribution in [0.15, 0.2) is 36.5 Å². The van der Waals surface area contributed by atoms with E-state index >= 15 is 0 Å². The molecule has 0 aliphatic carbocycles. The quantitative estimate of drug-likeness (QED) is 0.808. The van der Waals surface area contributed by atoms with Gasteiger partial charge in [0.25, 0.3) is 0 Å². The molecule has 0 saturated carbocycles. The molecule has 1 heterocycles. The lowest BCUT2D eigenvalue weighted by Crippen LogP contribution is -2.01. The lowest BCUT2D eigenvalue weighted by Gasteiger charge is -2.01. The van der Waals surface area contributed by atoms with Crippen LogP contribution in [0.3, 0.4) is 0 Å². The van der Waals surface area contributed by atoms with Gasteiger partial charge >= 0.3 is 0 Å². The zero-order valence-corrected chi connectivity index (χ0v) is 8.02. The average Bonchev–Trinajstić information content (AvgIpc) is 2.30. The molecule has 0 bridgehead atoms. The van der Waals surface area contributed by atoms with Gasteiger partial charge in [0.15, 0.2) is 5.82 Å². The summed E-state index contributed by atoms with van der Waals surface area (Å²) in [7, 11) is 0. The number of nitrogens with zero attached hydrogens (tertiary/aromatic N) is 2. The van der Waals surface area contributed by atoms with Crippen LogP contribution in [0.2, 0.25) is 0 Å². The van der Waals surface area contributed by atoms with Crippen LogP contribution in [0.4, 0.5) is 4.39 Å². The zero-order chi connectivity index (χ0) is 10.7. The highest BCUT2D eigenvalue weighted by atomic mass is 19.1. The van der Waals surface area contributed by atoms with Crippen LogP contribution in [0.1, 0.15) is 5.69 Å². The van der Waals surface area contributed by atoms with Gasteiger partial charge in [-0.3, -0.25) is 0 Å². The summed E-state index contributed by atoms with van der Waals surface area (Å²) in [5.74, 6) is 0.298. The van der Waals surface area contributed by atoms with Crippen molar-refractivity contribution in [3.8, 4) is 11.4 Å². The molecule has 76 valence electrons. The Morgan fingerprint density at radius 3 is 2.53 bits per heavy atom. The van der Waals surface area contributed by atoms with Gasteiger partial charge in [-0.25, -0.2) is 14.4 Å². The standard InChI is InChI=1S/C11H10FN3/c12-9-3-1-8(2-4-9)11-14-6-5-10(7-13)15-11/h1-6H,7,13H2. The van der Waals surface area contributed by atoms with Gasteiger partial charge in [-0.1, -0.05) is 0 Å². The van der Waals surface area contributed by atoms with E-state index in [-0.39, 0.29) is 5.82 Å². The van der Waals surface area contributed by atoms with Crippen molar-refractivity contribution < 1.29 is 4.39 Å². The minimum absolute atomic E-state index is 0.270. The second-order valence-corrected chi connectivity index (χ2v) is 3.08. The third-order valence-electron chi connectivity index (χ3n) is 2.02. The van der Waals surface area contributed by atoms with Crippen molar-refractivity contribution in [1.29, 1.82) is 0 Å². The maximum absolute atomic E-state index is 12.7. The van der Waals surface area contributed by atoms with E-state index in [0.29, 0.717) is 12.4 Å². The third kappa shape index (κ3) is 2.16. The molecule has 2 N–H and O–H groups in total. The van der Waals surface area contributed by atoms with E-state index in [2.05, 4.69) is 9.97 Å². The van der Waals surface area contributed by atoms with E-state index in [1.54, 1.807) is 24.4 Å². The van der Waals surface area contributed by atoms with Crippen molar-refractivity contribution in [1.82, 2.24) is 9.97 Å². The Morgan fingerprint density at radius 1 is 1.13 bits per heavy atom. The Balaban J connectivity index is 2.40. The fourth-order valence-corrected chi connectivity index (χ4v) is 1.25. The summed E-state index contributed by atoms with van der Waals surface area (Å²) in [5.41, 5.74) is 7.02. The van der Waals surface area contributed by atoms with Crippen LogP contribution in [0.5, 0.6) is 0 Å². The number of hydrogen-bond donors (Lipinski definition) is 1. The third-order valence-corrected chi connectivity index (χ3v) is 2.02. The van der Waals surface area contributed by atoms with E-state index < -0.39 is 0 Å². The van der Waals surface area contributed by atoms with Crippen LogP contribution in [0, 0.1) is 5.82 Å². The molecule has 1 aromatic carbocycles. The molecular weight excluding hydrogens is 193 g/mol. The highest BCUT2D eigenvalue weighted by molar-refractivity contribution is 5.54. The summed E-state index contributed by atoms with van der Waals surface area (Å²) in [4.78, 5) is 8.33. The maximum atomic E-state index is 12.7. The summed E-state index contributed by atoms with van der Waals surface area (Å²) in [6, 6.07) is 7.81. The van der Waals surface area contributed by atoms with Gasteiger partial charge in [0.05, 0.1) is 5.69 Å². The number of benzene rings is 1. The average molecular weight is 203 g/mol. The van der Waals surface area contributed by atoms with Gasteiger partial charge in [-0.15, -0.1) is 0 Å². The topological polar surface area (TPSA) is 51.8 Å². The molecule has 0 amide bonds. The van der Waals surface area contributed by atoms with E-state index in [1.165, 1.54) is 12.1 Å². The molecule has 15 heavy (non-hydrogen) atoms. The van der Waals surface area contributed by atoms with Crippen LogP contribution in [-0.4, -0.2) is 9.97 Å². The molecule has 0 saturated heterocycles. The summed E-state index contributed by atoms with van der Waals surface area (Å²) >= 11 is 0. The minimum Gasteiger partial charge on any atom is -0.325 e. The molecular formula is C11H10FN3. The Hall–Kier alpha value is -1.81. The first kappa shape index (κ1) is 9.73. The lowest BCUT2D eigenvalue weighted by atomic mass is 10.2. The predicted octanol–water partition coefficient (Wildman–Crippen LogP) is 1.74. The number of aromatic nitrogens is 2. The molecule has 0 radical (unpaired) electrons. The summed E-state index contributed by atoms with van der Waals surface area (Å²) < 4.78 is 12.7. The normalized spacial score (nSPS) is 10.3. The molecule has 4 heteroatoms. The number of halogens is 1. The van der Waals surface area contributed by atoms with Gasteiger partial charge in [0.2, 0.25) is 0 Å². The maximum Gasteiger partial charge on any atom is 0.159 e. The fourth-order valence-electron chi connectivity index (χ4n) is 1.25. The van der Waals surface area contributed by atoms with Crippen molar-refractivity contribution in [3.63, 3.8) is 0 Å². The highest BCUT2D eigenvalue weighted by Gasteiger charge is 2.01. The summed E-state index contributed by atoms with van der Waals surface area (Å²) in [6.45, 7) is 0.372. The molecule has 0 aliphatic heterocycles. The van der Waals surface area contributed by atoms with Crippen molar-refractivity contribution in [2.45, 2.75) is 6.54 Å². The molecule has 0 atom stereocenters. The van der Waals surface area contributed by atoms with Crippen molar-refractivity contribution >= 4 is 0 Å². The predicted molar refractivity (Wildman–Crippen MR) is 55.3 cm³/mol. The molecule has 2 aromatic rings.